The molecule has 22 heavy (non-hydrogen) atoms. The number of para-hydroxylation sites is 4. The van der Waals surface area contributed by atoms with Crippen LogP contribution in [0.2, 0.25) is 0 Å². The van der Waals surface area contributed by atoms with Crippen LogP contribution in [0.4, 0.5) is 0 Å². The maximum absolute atomic E-state index is 11.7. The van der Waals surface area contributed by atoms with Crippen LogP contribution < -0.4 is 20.2 Å². The summed E-state index contributed by atoms with van der Waals surface area (Å²) < 4.78 is 10.9. The zero-order chi connectivity index (χ0) is 15.9. The second-order valence-corrected chi connectivity index (χ2v) is 4.34. The monoisotopic (exact) mass is 300 g/mol. The summed E-state index contributed by atoms with van der Waals surface area (Å²) in [6.45, 7) is 1.71. The first-order valence-electron chi connectivity index (χ1n) is 6.68. The molecule has 0 radical (unpaired) electrons. The molecule has 0 fully saturated rings. The minimum absolute atomic E-state index is 0.111. The molecule has 114 valence electrons. The lowest BCUT2D eigenvalue weighted by molar-refractivity contribution is -0.127. The van der Waals surface area contributed by atoms with E-state index in [4.69, 9.17) is 25.6 Å². The van der Waals surface area contributed by atoms with Gasteiger partial charge in [-0.3, -0.25) is 5.41 Å². The predicted octanol–water partition coefficient (Wildman–Crippen LogP) is 3.07. The highest BCUT2D eigenvalue weighted by Gasteiger charge is 2.15. The van der Waals surface area contributed by atoms with Gasteiger partial charge < -0.3 is 14.3 Å². The van der Waals surface area contributed by atoms with Crippen molar-refractivity contribution in [1.29, 1.82) is 5.41 Å². The van der Waals surface area contributed by atoms with E-state index in [1.807, 2.05) is 0 Å². The van der Waals surface area contributed by atoms with E-state index in [2.05, 4.69) is 0 Å². The molecule has 0 saturated carbocycles. The van der Waals surface area contributed by atoms with Crippen LogP contribution in [0.5, 0.6) is 23.0 Å². The van der Waals surface area contributed by atoms with Gasteiger partial charge in [0.1, 0.15) is 5.71 Å². The third-order valence-electron chi connectivity index (χ3n) is 2.85. The highest BCUT2D eigenvalue weighted by molar-refractivity contribution is 6.35. The van der Waals surface area contributed by atoms with Crippen LogP contribution in [-0.2, 0) is 4.79 Å². The Morgan fingerprint density at radius 1 is 1.00 bits per heavy atom. The predicted molar refractivity (Wildman–Crippen MR) is 81.4 cm³/mol. The summed E-state index contributed by atoms with van der Waals surface area (Å²) >= 11 is 0. The summed E-state index contributed by atoms with van der Waals surface area (Å²) in [6, 6.07) is 13.5. The average Bonchev–Trinajstić information content (AvgIpc) is 2.56. The average molecular weight is 300 g/mol. The minimum Gasteiger partial charge on any atom is -0.449 e. The highest BCUT2D eigenvalue weighted by Crippen LogP contribution is 2.35. The van der Waals surface area contributed by atoms with E-state index in [9.17, 15) is 4.79 Å². The maximum Gasteiger partial charge on any atom is 0.357 e. The number of rotatable bonds is 6. The molecule has 0 aliphatic rings. The molecular formula is C16H16N2O4. The van der Waals surface area contributed by atoms with Gasteiger partial charge in [-0.15, -0.1) is 0 Å². The van der Waals surface area contributed by atoms with Gasteiger partial charge in [0.2, 0.25) is 0 Å². The summed E-state index contributed by atoms with van der Waals surface area (Å²) in [6.07, 6.45) is 0.297. The van der Waals surface area contributed by atoms with E-state index < -0.39 is 5.97 Å². The van der Waals surface area contributed by atoms with Crippen molar-refractivity contribution in [2.24, 2.45) is 5.90 Å². The molecule has 2 aromatic rings. The Labute approximate surface area is 127 Å². The molecule has 2 aromatic carbocycles. The number of carbonyl (C=O) groups is 1. The summed E-state index contributed by atoms with van der Waals surface area (Å²) in [7, 11) is 0. The normalized spacial score (nSPS) is 9.91. The van der Waals surface area contributed by atoms with Gasteiger partial charge in [-0.05, 0) is 30.7 Å². The van der Waals surface area contributed by atoms with Gasteiger partial charge in [0.05, 0.1) is 0 Å². The van der Waals surface area contributed by atoms with Crippen LogP contribution in [0.15, 0.2) is 48.5 Å². The minimum atomic E-state index is -0.707. The number of carbonyl (C=O) groups excluding carboxylic acids is 1. The second kappa shape index (κ2) is 7.24. The molecule has 0 amide bonds. The number of nitrogens with one attached hydrogen (secondary N) is 1. The van der Waals surface area contributed by atoms with Gasteiger partial charge in [-0.2, -0.15) is 5.90 Å². The van der Waals surface area contributed by atoms with Gasteiger partial charge in [-0.25, -0.2) is 4.79 Å². The van der Waals surface area contributed by atoms with Crippen molar-refractivity contribution in [3.8, 4) is 23.0 Å². The fourth-order valence-corrected chi connectivity index (χ4v) is 1.67. The Bertz CT molecular complexity index is 685. The molecule has 0 aromatic heterocycles. The van der Waals surface area contributed by atoms with Gasteiger partial charge in [0.25, 0.3) is 0 Å². The fourth-order valence-electron chi connectivity index (χ4n) is 1.67. The van der Waals surface area contributed by atoms with Gasteiger partial charge in [0.15, 0.2) is 23.0 Å². The Balaban J connectivity index is 2.25. The lowest BCUT2D eigenvalue weighted by atomic mass is 10.3. The van der Waals surface area contributed by atoms with Crippen LogP contribution in [0.25, 0.3) is 0 Å². The van der Waals surface area contributed by atoms with E-state index in [-0.39, 0.29) is 11.5 Å². The maximum atomic E-state index is 11.7. The Kier molecular flexibility index (Phi) is 5.11. The fraction of sp³-hybridized carbons (Fsp3) is 0.125. The van der Waals surface area contributed by atoms with E-state index in [0.29, 0.717) is 23.7 Å². The molecular weight excluding hydrogens is 284 g/mol. The molecule has 6 nitrogen and oxygen atoms in total. The molecule has 3 N–H and O–H groups in total. The number of benzene rings is 2. The van der Waals surface area contributed by atoms with Crippen LogP contribution in [0, 0.1) is 5.41 Å². The third-order valence-corrected chi connectivity index (χ3v) is 2.85. The first kappa shape index (κ1) is 15.5. The van der Waals surface area contributed by atoms with Gasteiger partial charge >= 0.3 is 5.97 Å². The largest absolute Gasteiger partial charge is 0.449 e. The molecule has 0 saturated heterocycles. The van der Waals surface area contributed by atoms with Gasteiger partial charge in [0, 0.05) is 0 Å². The van der Waals surface area contributed by atoms with Crippen molar-refractivity contribution in [3.05, 3.63) is 48.5 Å². The molecule has 0 unspecified atom stereocenters. The highest BCUT2D eigenvalue weighted by atomic mass is 16.6. The molecule has 0 spiro atoms. The summed E-state index contributed by atoms with van der Waals surface area (Å²) in [5.74, 6) is 5.76. The molecule has 0 atom stereocenters. The smallest absolute Gasteiger partial charge is 0.357 e. The summed E-state index contributed by atoms with van der Waals surface area (Å²) in [5, 5.41) is 7.50. The summed E-state index contributed by atoms with van der Waals surface area (Å²) in [4.78, 5) is 16.5. The van der Waals surface area contributed by atoms with Crippen molar-refractivity contribution in [2.45, 2.75) is 13.3 Å². The van der Waals surface area contributed by atoms with Crippen molar-refractivity contribution in [2.75, 3.05) is 0 Å². The molecule has 0 aliphatic carbocycles. The number of hydrogen-bond donors (Lipinski definition) is 2. The van der Waals surface area contributed by atoms with Crippen LogP contribution in [0.1, 0.15) is 13.3 Å². The first-order chi connectivity index (χ1) is 10.7. The molecule has 0 heterocycles. The lowest BCUT2D eigenvalue weighted by Crippen LogP contribution is -2.18. The van der Waals surface area contributed by atoms with E-state index in [0.717, 1.165) is 0 Å². The number of ether oxygens (including phenoxy) is 2. The number of nitrogens with two attached hydrogens (primary N) is 1. The topological polar surface area (TPSA) is 94.6 Å². The van der Waals surface area contributed by atoms with Crippen LogP contribution >= 0.6 is 0 Å². The van der Waals surface area contributed by atoms with Crippen molar-refractivity contribution < 1.29 is 19.1 Å². The Hall–Kier alpha value is -2.86. The van der Waals surface area contributed by atoms with Crippen molar-refractivity contribution in [1.82, 2.24) is 0 Å². The number of esters is 1. The molecule has 6 heteroatoms. The van der Waals surface area contributed by atoms with Gasteiger partial charge in [-0.1, -0.05) is 31.2 Å². The molecule has 2 rings (SSSR count). The van der Waals surface area contributed by atoms with Crippen LogP contribution in [0.3, 0.4) is 0 Å². The summed E-state index contributed by atoms with van der Waals surface area (Å²) in [5.41, 5.74) is -0.111. The van der Waals surface area contributed by atoms with Crippen LogP contribution in [-0.4, -0.2) is 11.7 Å². The third kappa shape index (κ3) is 3.62. The second-order valence-electron chi connectivity index (χ2n) is 4.34. The first-order valence-corrected chi connectivity index (χ1v) is 6.68. The van der Waals surface area contributed by atoms with Crippen molar-refractivity contribution in [3.63, 3.8) is 0 Å². The zero-order valence-electron chi connectivity index (χ0n) is 12.0. The quantitative estimate of drug-likeness (QED) is 0.370. The standard InChI is InChI=1S/C16H16N2O4/c1-2-11(17)16(19)21-13-8-4-3-7-12(13)20-14-9-5-6-10-15(14)22-18/h3-10,17H,2,18H2,1H3. The van der Waals surface area contributed by atoms with E-state index in [1.54, 1.807) is 55.5 Å². The lowest BCUT2D eigenvalue weighted by Gasteiger charge is -2.12. The number of hydrogen-bond acceptors (Lipinski definition) is 6. The van der Waals surface area contributed by atoms with E-state index >= 15 is 0 Å². The van der Waals surface area contributed by atoms with E-state index in [1.165, 1.54) is 0 Å². The Morgan fingerprint density at radius 3 is 2.05 bits per heavy atom. The molecule has 0 bridgehead atoms. The Morgan fingerprint density at radius 2 is 1.50 bits per heavy atom. The zero-order valence-corrected chi connectivity index (χ0v) is 12.0. The SMILES string of the molecule is CCC(=N)C(=O)Oc1ccccc1Oc1ccccc1ON. The van der Waals surface area contributed by atoms with Crippen molar-refractivity contribution >= 4 is 11.7 Å². The molecule has 0 aliphatic heterocycles.